The molecule has 2 fully saturated rings. The minimum Gasteiger partial charge on any atom is -0.302 e. The molecule has 0 aromatic rings. The fourth-order valence-corrected chi connectivity index (χ4v) is 3.12. The standard InChI is InChI=1S/C9H12N2OS/c12-8-6-7-2-3-9(11(7)8)13-10-4-1-5-10/h3,7H,1-2,4-6H2/t7-/m1/s1. The first kappa shape index (κ1) is 7.88. The van der Waals surface area contributed by atoms with Gasteiger partial charge in [0.05, 0.1) is 5.03 Å². The van der Waals surface area contributed by atoms with Crippen LogP contribution in [-0.4, -0.2) is 34.2 Å². The normalized spacial score (nSPS) is 32.3. The minimum atomic E-state index is 0.307. The molecule has 70 valence electrons. The summed E-state index contributed by atoms with van der Waals surface area (Å²) in [6.45, 7) is 2.35. The van der Waals surface area contributed by atoms with Crippen LogP contribution in [0.4, 0.5) is 0 Å². The summed E-state index contributed by atoms with van der Waals surface area (Å²) in [6, 6.07) is 0.510. The minimum absolute atomic E-state index is 0.307. The third-order valence-corrected chi connectivity index (χ3v) is 4.06. The van der Waals surface area contributed by atoms with Gasteiger partial charge in [-0.1, -0.05) is 6.08 Å². The van der Waals surface area contributed by atoms with Gasteiger partial charge in [0.2, 0.25) is 5.91 Å². The molecule has 13 heavy (non-hydrogen) atoms. The molecule has 4 heteroatoms. The number of rotatable bonds is 2. The smallest absolute Gasteiger partial charge is 0.229 e. The lowest BCUT2D eigenvalue weighted by molar-refractivity contribution is -0.140. The van der Waals surface area contributed by atoms with E-state index < -0.39 is 0 Å². The highest BCUT2D eigenvalue weighted by Crippen LogP contribution is 2.41. The molecule has 0 aromatic carbocycles. The third kappa shape index (κ3) is 1.12. The molecule has 0 aliphatic carbocycles. The molecule has 3 aliphatic rings. The zero-order chi connectivity index (χ0) is 8.84. The van der Waals surface area contributed by atoms with Crippen molar-refractivity contribution in [2.75, 3.05) is 13.1 Å². The van der Waals surface area contributed by atoms with E-state index in [1.54, 1.807) is 11.9 Å². The van der Waals surface area contributed by atoms with Gasteiger partial charge < -0.3 is 4.90 Å². The lowest BCUT2D eigenvalue weighted by Crippen LogP contribution is -2.48. The third-order valence-electron chi connectivity index (χ3n) is 2.88. The molecule has 0 aromatic heterocycles. The molecule has 0 N–H and O–H groups in total. The van der Waals surface area contributed by atoms with Gasteiger partial charge in [0.15, 0.2) is 0 Å². The highest BCUT2D eigenvalue weighted by Gasteiger charge is 2.42. The van der Waals surface area contributed by atoms with E-state index in [1.165, 1.54) is 24.5 Å². The Balaban J connectivity index is 1.66. The monoisotopic (exact) mass is 196 g/mol. The number of carbonyl (C=O) groups excluding carboxylic acids is 1. The van der Waals surface area contributed by atoms with Crippen LogP contribution in [0.25, 0.3) is 0 Å². The van der Waals surface area contributed by atoms with Crippen LogP contribution < -0.4 is 0 Å². The maximum Gasteiger partial charge on any atom is 0.229 e. The molecular formula is C9H12N2OS. The fraction of sp³-hybridized carbons (Fsp3) is 0.667. The van der Waals surface area contributed by atoms with Crippen molar-refractivity contribution in [1.82, 2.24) is 9.21 Å². The Hall–Kier alpha value is -0.480. The number of β-lactam (4-membered cyclic amide) rings is 1. The molecule has 3 aliphatic heterocycles. The van der Waals surface area contributed by atoms with Crippen LogP contribution in [0.1, 0.15) is 19.3 Å². The largest absolute Gasteiger partial charge is 0.302 e. The van der Waals surface area contributed by atoms with Gasteiger partial charge in [-0.2, -0.15) is 0 Å². The van der Waals surface area contributed by atoms with Crippen LogP contribution in [-0.2, 0) is 4.79 Å². The van der Waals surface area contributed by atoms with Crippen molar-refractivity contribution >= 4 is 17.9 Å². The van der Waals surface area contributed by atoms with Crippen molar-refractivity contribution in [3.8, 4) is 0 Å². The highest BCUT2D eigenvalue weighted by molar-refractivity contribution is 8.00. The Bertz CT molecular complexity index is 285. The first-order valence-corrected chi connectivity index (χ1v) is 5.57. The molecule has 2 saturated heterocycles. The Kier molecular flexibility index (Phi) is 1.67. The van der Waals surface area contributed by atoms with Crippen molar-refractivity contribution in [3.63, 3.8) is 0 Å². The average molecular weight is 196 g/mol. The lowest BCUT2D eigenvalue weighted by Gasteiger charge is -2.39. The predicted molar refractivity (Wildman–Crippen MR) is 51.7 cm³/mol. The summed E-state index contributed by atoms with van der Waals surface area (Å²) < 4.78 is 2.32. The van der Waals surface area contributed by atoms with Crippen LogP contribution in [0, 0.1) is 0 Å². The van der Waals surface area contributed by atoms with Crippen molar-refractivity contribution < 1.29 is 4.79 Å². The van der Waals surface area contributed by atoms with Gasteiger partial charge in [-0.15, -0.1) is 0 Å². The summed E-state index contributed by atoms with van der Waals surface area (Å²) in [5, 5.41) is 1.18. The maximum atomic E-state index is 11.3. The van der Waals surface area contributed by atoms with E-state index in [1.807, 2.05) is 4.90 Å². The second-order valence-electron chi connectivity index (χ2n) is 3.77. The average Bonchev–Trinajstić information content (AvgIpc) is 2.34. The Morgan fingerprint density at radius 1 is 1.46 bits per heavy atom. The van der Waals surface area contributed by atoms with E-state index in [2.05, 4.69) is 10.4 Å². The van der Waals surface area contributed by atoms with Crippen molar-refractivity contribution in [3.05, 3.63) is 11.1 Å². The van der Waals surface area contributed by atoms with Crippen LogP contribution in [0.5, 0.6) is 0 Å². The van der Waals surface area contributed by atoms with Crippen LogP contribution in [0.2, 0.25) is 0 Å². The lowest BCUT2D eigenvalue weighted by atomic mass is 10.0. The SMILES string of the molecule is O=C1C[C@H]2CC=C(SN3CCC3)N12. The molecule has 0 saturated carbocycles. The summed E-state index contributed by atoms with van der Waals surface area (Å²) in [4.78, 5) is 13.2. The van der Waals surface area contributed by atoms with E-state index in [0.29, 0.717) is 11.9 Å². The molecule has 1 atom stereocenters. The summed E-state index contributed by atoms with van der Waals surface area (Å²) in [5.41, 5.74) is 0. The molecule has 0 radical (unpaired) electrons. The van der Waals surface area contributed by atoms with Crippen LogP contribution in [0.15, 0.2) is 11.1 Å². The van der Waals surface area contributed by atoms with Gasteiger partial charge in [0, 0.05) is 25.6 Å². The Morgan fingerprint density at radius 2 is 2.31 bits per heavy atom. The first-order chi connectivity index (χ1) is 6.34. The molecule has 0 unspecified atom stereocenters. The second kappa shape index (κ2) is 2.75. The zero-order valence-corrected chi connectivity index (χ0v) is 8.22. The molecule has 0 spiro atoms. The van der Waals surface area contributed by atoms with Gasteiger partial charge in [-0.3, -0.25) is 4.79 Å². The molecular weight excluding hydrogens is 184 g/mol. The number of nitrogens with zero attached hydrogens (tertiary/aromatic N) is 2. The Labute approximate surface area is 81.9 Å². The van der Waals surface area contributed by atoms with Gasteiger partial charge in [0.25, 0.3) is 0 Å². The van der Waals surface area contributed by atoms with Gasteiger partial charge >= 0.3 is 0 Å². The van der Waals surface area contributed by atoms with Gasteiger partial charge in [-0.25, -0.2) is 4.31 Å². The Morgan fingerprint density at radius 3 is 2.92 bits per heavy atom. The molecule has 3 nitrogen and oxygen atoms in total. The van der Waals surface area contributed by atoms with E-state index in [-0.39, 0.29) is 0 Å². The van der Waals surface area contributed by atoms with Crippen LogP contribution >= 0.6 is 11.9 Å². The van der Waals surface area contributed by atoms with E-state index in [9.17, 15) is 4.79 Å². The molecule has 3 rings (SSSR count). The summed E-state index contributed by atoms with van der Waals surface area (Å²) in [5.74, 6) is 0.307. The predicted octanol–water partition coefficient (Wildman–Crippen LogP) is 1.19. The van der Waals surface area contributed by atoms with E-state index in [4.69, 9.17) is 0 Å². The van der Waals surface area contributed by atoms with E-state index >= 15 is 0 Å². The molecule has 3 heterocycles. The van der Waals surface area contributed by atoms with Crippen LogP contribution in [0.3, 0.4) is 0 Å². The summed E-state index contributed by atoms with van der Waals surface area (Å²) >= 11 is 1.76. The molecule has 1 amide bonds. The number of amides is 1. The number of hydrogen-bond acceptors (Lipinski definition) is 3. The maximum absolute atomic E-state index is 11.3. The van der Waals surface area contributed by atoms with Crippen molar-refractivity contribution in [2.24, 2.45) is 0 Å². The zero-order valence-electron chi connectivity index (χ0n) is 7.40. The summed E-state index contributed by atoms with van der Waals surface area (Å²) in [7, 11) is 0. The van der Waals surface area contributed by atoms with Gasteiger partial charge in [-0.05, 0) is 24.8 Å². The number of carbonyl (C=O) groups is 1. The first-order valence-electron chi connectivity index (χ1n) is 4.80. The number of fused-ring (bicyclic) bond motifs is 1. The quantitative estimate of drug-likeness (QED) is 0.489. The highest BCUT2D eigenvalue weighted by atomic mass is 32.2. The topological polar surface area (TPSA) is 23.6 Å². The van der Waals surface area contributed by atoms with Gasteiger partial charge in [0.1, 0.15) is 0 Å². The van der Waals surface area contributed by atoms with Crippen molar-refractivity contribution in [1.29, 1.82) is 0 Å². The van der Waals surface area contributed by atoms with Crippen molar-refractivity contribution in [2.45, 2.75) is 25.3 Å². The van der Waals surface area contributed by atoms with E-state index in [0.717, 1.165) is 12.8 Å². The summed E-state index contributed by atoms with van der Waals surface area (Å²) in [6.07, 6.45) is 5.35. The number of hydrogen-bond donors (Lipinski definition) is 0. The fourth-order valence-electron chi connectivity index (χ4n) is 1.90. The molecule has 0 bridgehead atoms. The second-order valence-corrected chi connectivity index (χ2v) is 4.89.